The summed E-state index contributed by atoms with van der Waals surface area (Å²) in [5, 5.41) is 28.0. The monoisotopic (exact) mass is 463 g/mol. The summed E-state index contributed by atoms with van der Waals surface area (Å²) in [6.45, 7) is 6.71. The Kier molecular flexibility index (Phi) is 4.51. The van der Waals surface area contributed by atoms with E-state index in [4.69, 9.17) is 5.10 Å². The highest BCUT2D eigenvalue weighted by Gasteiger charge is 2.52. The van der Waals surface area contributed by atoms with E-state index in [2.05, 4.69) is 39.5 Å². The first-order chi connectivity index (χ1) is 16.3. The maximum absolute atomic E-state index is 14.7. The Labute approximate surface area is 196 Å². The van der Waals surface area contributed by atoms with Crippen molar-refractivity contribution in [3.05, 3.63) is 46.8 Å². The normalized spacial score (nSPS) is 23.4. The van der Waals surface area contributed by atoms with Crippen LogP contribution in [0.25, 0.3) is 5.52 Å². The smallest absolute Gasteiger partial charge is 0.310 e. The van der Waals surface area contributed by atoms with E-state index >= 15 is 0 Å². The van der Waals surface area contributed by atoms with Crippen molar-refractivity contribution in [1.82, 2.24) is 24.3 Å². The van der Waals surface area contributed by atoms with E-state index in [1.807, 2.05) is 0 Å². The first-order valence-electron chi connectivity index (χ1n) is 11.7. The largest absolute Gasteiger partial charge is 0.481 e. The lowest BCUT2D eigenvalue weighted by Crippen LogP contribution is -2.43. The van der Waals surface area contributed by atoms with Crippen LogP contribution in [-0.2, 0) is 24.3 Å². The van der Waals surface area contributed by atoms with Crippen molar-refractivity contribution in [2.45, 2.75) is 58.3 Å². The van der Waals surface area contributed by atoms with Gasteiger partial charge in [-0.1, -0.05) is 0 Å². The number of nitrogens with zero attached hydrogens (tertiary/aromatic N) is 7. The van der Waals surface area contributed by atoms with Gasteiger partial charge < -0.3 is 10.0 Å². The van der Waals surface area contributed by atoms with Crippen molar-refractivity contribution in [2.24, 2.45) is 5.41 Å². The van der Waals surface area contributed by atoms with Crippen LogP contribution in [0.4, 0.5) is 10.1 Å². The number of halogens is 1. The molecule has 1 fully saturated rings. The average Bonchev–Trinajstić information content (AvgIpc) is 3.38. The molecule has 6 rings (SSSR count). The Morgan fingerprint density at radius 1 is 1.29 bits per heavy atom. The van der Waals surface area contributed by atoms with E-state index in [0.717, 1.165) is 36.8 Å². The number of carboxylic acids is 1. The summed E-state index contributed by atoms with van der Waals surface area (Å²) in [7, 11) is 0. The van der Waals surface area contributed by atoms with Gasteiger partial charge in [0.25, 0.3) is 0 Å². The second-order valence-corrected chi connectivity index (χ2v) is 10.1. The highest BCUT2D eigenvalue weighted by Crippen LogP contribution is 2.47. The summed E-state index contributed by atoms with van der Waals surface area (Å²) >= 11 is 0. The van der Waals surface area contributed by atoms with Crippen LogP contribution >= 0.6 is 0 Å². The minimum atomic E-state index is -0.695. The van der Waals surface area contributed by atoms with Gasteiger partial charge >= 0.3 is 5.97 Å². The molecule has 2 atom stereocenters. The average molecular weight is 464 g/mol. The lowest BCUT2D eigenvalue weighted by atomic mass is 9.95. The number of carboxylic acid groups (broad SMARTS) is 1. The molecular formula is C24H26FN7O2. The van der Waals surface area contributed by atoms with Gasteiger partial charge in [-0.15, -0.1) is 0 Å². The third-order valence-corrected chi connectivity index (χ3v) is 7.78. The zero-order chi connectivity index (χ0) is 23.8. The van der Waals surface area contributed by atoms with Crippen LogP contribution in [0.5, 0.6) is 0 Å². The topological polar surface area (TPSA) is 103 Å². The third-order valence-electron chi connectivity index (χ3n) is 7.78. The molecule has 0 radical (unpaired) electrons. The van der Waals surface area contributed by atoms with Gasteiger partial charge in [0.05, 0.1) is 41.3 Å². The minimum absolute atomic E-state index is 0.0774. The highest BCUT2D eigenvalue weighted by atomic mass is 19.1. The molecule has 5 heterocycles. The molecule has 0 saturated heterocycles. The molecule has 3 aromatic heterocycles. The van der Waals surface area contributed by atoms with E-state index in [0.29, 0.717) is 43.1 Å². The molecule has 0 aromatic carbocycles. The number of rotatable bonds is 4. The van der Waals surface area contributed by atoms with Crippen LogP contribution < -0.4 is 4.90 Å². The molecule has 0 bridgehead atoms. The first-order valence-corrected chi connectivity index (χ1v) is 11.7. The van der Waals surface area contributed by atoms with Crippen LogP contribution in [-0.4, -0.2) is 54.5 Å². The number of nitriles is 1. The lowest BCUT2D eigenvalue weighted by Gasteiger charge is -2.36. The van der Waals surface area contributed by atoms with Gasteiger partial charge in [-0.25, -0.2) is 8.91 Å². The van der Waals surface area contributed by atoms with E-state index in [9.17, 15) is 19.6 Å². The lowest BCUT2D eigenvalue weighted by molar-refractivity contribution is -0.144. The number of pyridine rings is 1. The van der Waals surface area contributed by atoms with Crippen molar-refractivity contribution in [1.29, 1.82) is 5.26 Å². The van der Waals surface area contributed by atoms with Crippen LogP contribution in [0.15, 0.2) is 18.3 Å². The zero-order valence-electron chi connectivity index (χ0n) is 19.2. The summed E-state index contributed by atoms with van der Waals surface area (Å²) in [5.41, 5.74) is 4.09. The molecule has 0 unspecified atom stereocenters. The van der Waals surface area contributed by atoms with Gasteiger partial charge in [0, 0.05) is 31.2 Å². The molecule has 0 amide bonds. The fourth-order valence-electron chi connectivity index (χ4n) is 5.63. The Hall–Kier alpha value is -3.45. The minimum Gasteiger partial charge on any atom is -0.481 e. The van der Waals surface area contributed by atoms with E-state index in [1.54, 1.807) is 12.1 Å². The molecule has 10 heteroatoms. The summed E-state index contributed by atoms with van der Waals surface area (Å²) in [5.74, 6) is -1.14. The molecule has 1 aliphatic carbocycles. The summed E-state index contributed by atoms with van der Waals surface area (Å²) in [4.78, 5) is 16.1. The molecule has 0 spiro atoms. The van der Waals surface area contributed by atoms with Gasteiger partial charge in [0.2, 0.25) is 0 Å². The molecule has 34 heavy (non-hydrogen) atoms. The molecule has 3 aromatic rings. The van der Waals surface area contributed by atoms with Gasteiger partial charge in [-0.2, -0.15) is 15.5 Å². The quantitative estimate of drug-likeness (QED) is 0.635. The third kappa shape index (κ3) is 3.03. The molecule has 3 aliphatic rings. The first kappa shape index (κ1) is 21.1. The summed E-state index contributed by atoms with van der Waals surface area (Å²) in [6, 6.07) is 5.85. The number of hydrogen-bond donors (Lipinski definition) is 1. The van der Waals surface area contributed by atoms with Crippen LogP contribution in [0.3, 0.4) is 0 Å². The fraction of sp³-hybridized carbons (Fsp3) is 0.500. The van der Waals surface area contributed by atoms with Crippen molar-refractivity contribution >= 4 is 17.2 Å². The highest BCUT2D eigenvalue weighted by molar-refractivity contribution is 5.78. The van der Waals surface area contributed by atoms with Gasteiger partial charge in [-0.05, 0) is 45.2 Å². The van der Waals surface area contributed by atoms with Crippen LogP contribution in [0, 0.1) is 22.6 Å². The standard InChI is InChI=1S/C24H26FN7O2/c1-14-7-17-19(11-30(14)13-24(5-6-24)23(33)34)28-31-15(2)10-29(12-21(17)31)20-4-3-16(8-26)32-22(20)18(25)9-27-32/h3-4,9,14-15H,5-7,10-13H2,1-2H3,(H,33,34)/t14-,15+/m0/s1. The summed E-state index contributed by atoms with van der Waals surface area (Å²) < 4.78 is 18.2. The van der Waals surface area contributed by atoms with E-state index < -0.39 is 17.2 Å². The Bertz CT molecular complexity index is 1370. The van der Waals surface area contributed by atoms with Gasteiger partial charge in [0.1, 0.15) is 17.3 Å². The molecule has 176 valence electrons. The molecule has 1 saturated carbocycles. The Balaban J connectivity index is 1.33. The number of fused-ring (bicyclic) bond motifs is 4. The van der Waals surface area contributed by atoms with Crippen molar-refractivity contribution in [3.8, 4) is 6.07 Å². The van der Waals surface area contributed by atoms with Crippen LogP contribution in [0.1, 0.15) is 55.4 Å². The fourth-order valence-corrected chi connectivity index (χ4v) is 5.63. The second kappa shape index (κ2) is 7.27. The summed E-state index contributed by atoms with van der Waals surface area (Å²) in [6.07, 6.45) is 3.45. The predicted molar refractivity (Wildman–Crippen MR) is 121 cm³/mol. The molecule has 2 aliphatic heterocycles. The van der Waals surface area contributed by atoms with Gasteiger partial charge in [-0.3, -0.25) is 14.4 Å². The maximum Gasteiger partial charge on any atom is 0.310 e. The van der Waals surface area contributed by atoms with Crippen molar-refractivity contribution in [3.63, 3.8) is 0 Å². The predicted octanol–water partition coefficient (Wildman–Crippen LogP) is 2.73. The molecule has 1 N–H and O–H groups in total. The molecule has 9 nitrogen and oxygen atoms in total. The Morgan fingerprint density at radius 2 is 2.09 bits per heavy atom. The Morgan fingerprint density at radius 3 is 2.79 bits per heavy atom. The van der Waals surface area contributed by atoms with E-state index in [-0.39, 0.29) is 12.1 Å². The maximum atomic E-state index is 14.7. The zero-order valence-corrected chi connectivity index (χ0v) is 19.2. The SMILES string of the molecule is C[C@@H]1CN(c2ccc(C#N)n3ncc(F)c23)Cc2c3c(nn21)CN(CC1(C(=O)O)CC1)[C@@H](C)C3. The van der Waals surface area contributed by atoms with Gasteiger partial charge in [0.15, 0.2) is 5.82 Å². The number of aliphatic carboxylic acids is 1. The van der Waals surface area contributed by atoms with E-state index in [1.165, 1.54) is 10.1 Å². The number of anilines is 1. The number of hydrogen-bond acceptors (Lipinski definition) is 6. The van der Waals surface area contributed by atoms with Crippen molar-refractivity contribution in [2.75, 3.05) is 18.0 Å². The van der Waals surface area contributed by atoms with Crippen LogP contribution in [0.2, 0.25) is 0 Å². The van der Waals surface area contributed by atoms with Crippen molar-refractivity contribution < 1.29 is 14.3 Å². The number of carbonyl (C=O) groups is 1. The number of aromatic nitrogens is 4. The second-order valence-electron chi connectivity index (χ2n) is 10.1. The molecular weight excluding hydrogens is 437 g/mol.